The van der Waals surface area contributed by atoms with Gasteiger partial charge in [0.15, 0.2) is 0 Å². The molecule has 0 radical (unpaired) electrons. The molecule has 0 aromatic carbocycles. The van der Waals surface area contributed by atoms with E-state index in [1.165, 1.54) is 17.2 Å². The van der Waals surface area contributed by atoms with Crippen molar-refractivity contribution in [2.75, 3.05) is 23.0 Å². The van der Waals surface area contributed by atoms with Gasteiger partial charge in [0.25, 0.3) is 0 Å². The van der Waals surface area contributed by atoms with Crippen LogP contribution in [0, 0.1) is 0 Å². The second-order valence-corrected chi connectivity index (χ2v) is 4.93. The molecular formula is C11H16N2OS. The van der Waals surface area contributed by atoms with E-state index in [-0.39, 0.29) is 6.61 Å². The maximum atomic E-state index is 9.04. The minimum absolute atomic E-state index is 0.0187. The van der Waals surface area contributed by atoms with Gasteiger partial charge in [-0.15, -0.1) is 0 Å². The lowest BCUT2D eigenvalue weighted by molar-refractivity contribution is 0.277. The molecule has 1 aromatic rings. The number of hydrogen-bond acceptors (Lipinski definition) is 4. The second kappa shape index (κ2) is 4.86. The number of nitrogens with zero attached hydrogens (tertiary/aromatic N) is 2. The van der Waals surface area contributed by atoms with Crippen LogP contribution in [-0.2, 0) is 6.61 Å². The molecule has 3 nitrogen and oxygen atoms in total. The summed E-state index contributed by atoms with van der Waals surface area (Å²) in [5, 5.41) is 9.04. The standard InChI is InChI=1S/C11H16N2OS/c1-9-8-15-5-4-13(9)11-2-3-12-10(6-11)7-14/h2-3,6,9,14H,4-5,7-8H2,1H3. The van der Waals surface area contributed by atoms with Crippen LogP contribution in [0.2, 0.25) is 0 Å². The number of hydrogen-bond donors (Lipinski definition) is 1. The van der Waals surface area contributed by atoms with Crippen molar-refractivity contribution >= 4 is 17.4 Å². The molecule has 82 valence electrons. The zero-order valence-electron chi connectivity index (χ0n) is 8.89. The zero-order chi connectivity index (χ0) is 10.7. The summed E-state index contributed by atoms with van der Waals surface area (Å²) in [6, 6.07) is 4.57. The topological polar surface area (TPSA) is 36.4 Å². The van der Waals surface area contributed by atoms with E-state index in [9.17, 15) is 0 Å². The van der Waals surface area contributed by atoms with E-state index in [2.05, 4.69) is 16.8 Å². The molecule has 1 N–H and O–H groups in total. The van der Waals surface area contributed by atoms with E-state index in [1.54, 1.807) is 6.20 Å². The molecule has 1 atom stereocenters. The molecule has 1 aliphatic rings. The van der Waals surface area contributed by atoms with Crippen molar-refractivity contribution in [3.63, 3.8) is 0 Å². The van der Waals surface area contributed by atoms with Gasteiger partial charge in [0, 0.05) is 36.0 Å². The van der Waals surface area contributed by atoms with Crippen LogP contribution >= 0.6 is 11.8 Å². The fraction of sp³-hybridized carbons (Fsp3) is 0.545. The van der Waals surface area contributed by atoms with Gasteiger partial charge in [0.2, 0.25) is 0 Å². The van der Waals surface area contributed by atoms with E-state index in [0.29, 0.717) is 6.04 Å². The largest absolute Gasteiger partial charge is 0.390 e. The summed E-state index contributed by atoms with van der Waals surface area (Å²) in [5.74, 6) is 2.36. The van der Waals surface area contributed by atoms with Gasteiger partial charge < -0.3 is 10.0 Å². The Balaban J connectivity index is 2.19. The van der Waals surface area contributed by atoms with Crippen LogP contribution < -0.4 is 4.90 Å². The number of aliphatic hydroxyl groups excluding tert-OH is 1. The molecule has 15 heavy (non-hydrogen) atoms. The fourth-order valence-corrected chi connectivity index (χ4v) is 2.85. The number of aromatic nitrogens is 1. The van der Waals surface area contributed by atoms with Crippen molar-refractivity contribution in [2.24, 2.45) is 0 Å². The van der Waals surface area contributed by atoms with Gasteiger partial charge in [-0.1, -0.05) is 0 Å². The van der Waals surface area contributed by atoms with Crippen molar-refractivity contribution < 1.29 is 5.11 Å². The summed E-state index contributed by atoms with van der Waals surface area (Å²) in [6.45, 7) is 3.34. The Bertz CT molecular complexity index is 332. The maximum Gasteiger partial charge on any atom is 0.0853 e. The predicted molar refractivity (Wildman–Crippen MR) is 64.3 cm³/mol. The Morgan fingerprint density at radius 2 is 2.53 bits per heavy atom. The molecule has 0 bridgehead atoms. The van der Waals surface area contributed by atoms with E-state index in [1.807, 2.05) is 23.9 Å². The smallest absolute Gasteiger partial charge is 0.0853 e. The summed E-state index contributed by atoms with van der Waals surface area (Å²) in [4.78, 5) is 6.48. The molecule has 0 saturated carbocycles. The minimum Gasteiger partial charge on any atom is -0.390 e. The Kier molecular flexibility index (Phi) is 3.49. The van der Waals surface area contributed by atoms with Gasteiger partial charge in [0.1, 0.15) is 0 Å². The number of anilines is 1. The highest BCUT2D eigenvalue weighted by Crippen LogP contribution is 2.23. The molecule has 1 aromatic heterocycles. The lowest BCUT2D eigenvalue weighted by Gasteiger charge is -2.35. The van der Waals surface area contributed by atoms with Crippen LogP contribution in [0.3, 0.4) is 0 Å². The quantitative estimate of drug-likeness (QED) is 0.826. The Hall–Kier alpha value is -0.740. The molecule has 0 amide bonds. The molecule has 2 heterocycles. The molecule has 1 saturated heterocycles. The van der Waals surface area contributed by atoms with Crippen molar-refractivity contribution in [3.8, 4) is 0 Å². The van der Waals surface area contributed by atoms with Crippen molar-refractivity contribution in [1.82, 2.24) is 4.98 Å². The van der Waals surface area contributed by atoms with Crippen LogP contribution in [-0.4, -0.2) is 34.2 Å². The van der Waals surface area contributed by atoms with Crippen LogP contribution in [0.25, 0.3) is 0 Å². The fourth-order valence-electron chi connectivity index (χ4n) is 1.84. The van der Waals surface area contributed by atoms with Gasteiger partial charge >= 0.3 is 0 Å². The SMILES string of the molecule is CC1CSCCN1c1ccnc(CO)c1. The first-order chi connectivity index (χ1) is 7.31. The van der Waals surface area contributed by atoms with E-state index in [0.717, 1.165) is 12.2 Å². The van der Waals surface area contributed by atoms with E-state index in [4.69, 9.17) is 5.11 Å². The maximum absolute atomic E-state index is 9.04. The van der Waals surface area contributed by atoms with Crippen LogP contribution in [0.15, 0.2) is 18.3 Å². The van der Waals surface area contributed by atoms with Crippen LogP contribution in [0.1, 0.15) is 12.6 Å². The first kappa shape index (κ1) is 10.8. The number of pyridine rings is 1. The molecular weight excluding hydrogens is 208 g/mol. The van der Waals surface area contributed by atoms with Crippen molar-refractivity contribution in [1.29, 1.82) is 0 Å². The highest BCUT2D eigenvalue weighted by molar-refractivity contribution is 7.99. The summed E-state index contributed by atoms with van der Waals surface area (Å²) >= 11 is 2.00. The number of aliphatic hydroxyl groups is 1. The summed E-state index contributed by atoms with van der Waals surface area (Å²) in [5.41, 5.74) is 1.93. The summed E-state index contributed by atoms with van der Waals surface area (Å²) in [6.07, 6.45) is 1.77. The average Bonchev–Trinajstić information content (AvgIpc) is 2.30. The third kappa shape index (κ3) is 2.44. The third-order valence-electron chi connectivity index (χ3n) is 2.66. The minimum atomic E-state index is 0.0187. The monoisotopic (exact) mass is 224 g/mol. The van der Waals surface area contributed by atoms with Crippen molar-refractivity contribution in [3.05, 3.63) is 24.0 Å². The highest BCUT2D eigenvalue weighted by atomic mass is 32.2. The van der Waals surface area contributed by atoms with Crippen LogP contribution in [0.4, 0.5) is 5.69 Å². The first-order valence-electron chi connectivity index (χ1n) is 5.21. The predicted octanol–water partition coefficient (Wildman–Crippen LogP) is 1.52. The van der Waals surface area contributed by atoms with Gasteiger partial charge in [-0.2, -0.15) is 11.8 Å². The molecule has 4 heteroatoms. The highest BCUT2D eigenvalue weighted by Gasteiger charge is 2.18. The number of thioether (sulfide) groups is 1. The van der Waals surface area contributed by atoms with Gasteiger partial charge in [-0.05, 0) is 19.1 Å². The summed E-state index contributed by atoms with van der Waals surface area (Å²) < 4.78 is 0. The normalized spacial score (nSPS) is 21.7. The molecule has 0 spiro atoms. The van der Waals surface area contributed by atoms with Crippen molar-refractivity contribution in [2.45, 2.75) is 19.6 Å². The van der Waals surface area contributed by atoms with E-state index < -0.39 is 0 Å². The summed E-state index contributed by atoms with van der Waals surface area (Å²) in [7, 11) is 0. The van der Waals surface area contributed by atoms with Gasteiger partial charge in [0.05, 0.1) is 12.3 Å². The lowest BCUT2D eigenvalue weighted by Crippen LogP contribution is -2.40. The zero-order valence-corrected chi connectivity index (χ0v) is 9.70. The average molecular weight is 224 g/mol. The van der Waals surface area contributed by atoms with Crippen LogP contribution in [0.5, 0.6) is 0 Å². The first-order valence-corrected chi connectivity index (χ1v) is 6.37. The van der Waals surface area contributed by atoms with E-state index >= 15 is 0 Å². The second-order valence-electron chi connectivity index (χ2n) is 3.78. The third-order valence-corrected chi connectivity index (χ3v) is 3.85. The lowest BCUT2D eigenvalue weighted by atomic mass is 10.2. The molecule has 1 unspecified atom stereocenters. The molecule has 2 rings (SSSR count). The molecule has 1 aliphatic heterocycles. The Morgan fingerprint density at radius 3 is 3.27 bits per heavy atom. The molecule has 1 fully saturated rings. The van der Waals surface area contributed by atoms with Gasteiger partial charge in [-0.25, -0.2) is 0 Å². The Labute approximate surface area is 94.5 Å². The molecule has 0 aliphatic carbocycles. The van der Waals surface area contributed by atoms with Gasteiger partial charge in [-0.3, -0.25) is 4.98 Å². The number of rotatable bonds is 2. The Morgan fingerprint density at radius 1 is 1.67 bits per heavy atom.